The molecule has 11 heavy (non-hydrogen) atoms. The maximum Gasteiger partial charge on any atom is 0.0474 e. The van der Waals surface area contributed by atoms with Gasteiger partial charge in [-0.3, -0.25) is 0 Å². The SMILES string of the molecule is C[C@@H](N)c1ccc(N)cc1Cl. The molecule has 0 unspecified atom stereocenters. The molecule has 1 aromatic rings. The minimum absolute atomic E-state index is 0.0388. The molecule has 0 fully saturated rings. The number of hydrogen-bond donors (Lipinski definition) is 2. The molecule has 0 aromatic heterocycles. The molecule has 1 atom stereocenters. The van der Waals surface area contributed by atoms with Gasteiger partial charge in [-0.25, -0.2) is 0 Å². The van der Waals surface area contributed by atoms with E-state index in [1.165, 1.54) is 0 Å². The van der Waals surface area contributed by atoms with Crippen LogP contribution in [0.5, 0.6) is 0 Å². The second-order valence-corrected chi connectivity index (χ2v) is 2.98. The van der Waals surface area contributed by atoms with Crippen LogP contribution in [-0.2, 0) is 0 Å². The summed E-state index contributed by atoms with van der Waals surface area (Å²) in [5.74, 6) is 0. The fraction of sp³-hybridized carbons (Fsp3) is 0.250. The summed E-state index contributed by atoms with van der Waals surface area (Å²) in [4.78, 5) is 0. The minimum atomic E-state index is -0.0388. The topological polar surface area (TPSA) is 52.0 Å². The molecule has 0 heterocycles. The van der Waals surface area contributed by atoms with E-state index in [1.54, 1.807) is 12.1 Å². The lowest BCUT2D eigenvalue weighted by molar-refractivity contribution is 0.819. The number of nitrogens with two attached hydrogens (primary N) is 2. The Morgan fingerprint density at radius 1 is 1.45 bits per heavy atom. The molecule has 0 bridgehead atoms. The van der Waals surface area contributed by atoms with Crippen LogP contribution in [0, 0.1) is 0 Å². The van der Waals surface area contributed by atoms with Crippen molar-refractivity contribution >= 4 is 17.3 Å². The van der Waals surface area contributed by atoms with Crippen LogP contribution in [0.4, 0.5) is 5.69 Å². The summed E-state index contributed by atoms with van der Waals surface area (Å²) in [5.41, 5.74) is 12.7. The quantitative estimate of drug-likeness (QED) is 0.633. The molecule has 0 aliphatic rings. The first-order chi connectivity index (χ1) is 5.11. The minimum Gasteiger partial charge on any atom is -0.399 e. The van der Waals surface area contributed by atoms with Crippen LogP contribution in [0.1, 0.15) is 18.5 Å². The van der Waals surface area contributed by atoms with E-state index in [0.29, 0.717) is 10.7 Å². The molecule has 60 valence electrons. The Hall–Kier alpha value is -0.730. The summed E-state index contributed by atoms with van der Waals surface area (Å²) in [5, 5.41) is 0.639. The first-order valence-electron chi connectivity index (χ1n) is 3.42. The van der Waals surface area contributed by atoms with Gasteiger partial charge in [-0.2, -0.15) is 0 Å². The van der Waals surface area contributed by atoms with Crippen molar-refractivity contribution in [2.75, 3.05) is 5.73 Å². The Morgan fingerprint density at radius 3 is 2.55 bits per heavy atom. The van der Waals surface area contributed by atoms with Gasteiger partial charge < -0.3 is 11.5 Å². The summed E-state index contributed by atoms with van der Waals surface area (Å²) in [6, 6.07) is 5.32. The van der Waals surface area contributed by atoms with E-state index in [0.717, 1.165) is 5.56 Å². The zero-order chi connectivity index (χ0) is 8.43. The maximum atomic E-state index is 5.86. The van der Waals surface area contributed by atoms with Gasteiger partial charge in [0.25, 0.3) is 0 Å². The summed E-state index contributed by atoms with van der Waals surface area (Å²) in [6.07, 6.45) is 0. The van der Waals surface area contributed by atoms with Crippen LogP contribution >= 0.6 is 11.6 Å². The second kappa shape index (κ2) is 3.11. The standard InChI is InChI=1S/C8H11ClN2/c1-5(10)7-3-2-6(11)4-8(7)9/h2-5H,10-11H2,1H3/t5-/m1/s1. The maximum absolute atomic E-state index is 5.86. The van der Waals surface area contributed by atoms with Crippen molar-refractivity contribution in [3.63, 3.8) is 0 Å². The Morgan fingerprint density at radius 2 is 2.09 bits per heavy atom. The average molecular weight is 171 g/mol. The van der Waals surface area contributed by atoms with Gasteiger partial charge in [0.05, 0.1) is 0 Å². The van der Waals surface area contributed by atoms with Crippen LogP contribution in [0.2, 0.25) is 5.02 Å². The van der Waals surface area contributed by atoms with Gasteiger partial charge in [-0.05, 0) is 24.6 Å². The Kier molecular flexibility index (Phi) is 2.37. The molecule has 4 N–H and O–H groups in total. The predicted molar refractivity (Wildman–Crippen MR) is 48.5 cm³/mol. The van der Waals surface area contributed by atoms with Crippen molar-refractivity contribution in [1.82, 2.24) is 0 Å². The molecule has 0 aliphatic carbocycles. The monoisotopic (exact) mass is 170 g/mol. The van der Waals surface area contributed by atoms with Crippen LogP contribution in [0.25, 0.3) is 0 Å². The van der Waals surface area contributed by atoms with Gasteiger partial charge in [0.15, 0.2) is 0 Å². The Balaban J connectivity index is 3.09. The van der Waals surface area contributed by atoms with Gasteiger partial charge in [-0.15, -0.1) is 0 Å². The summed E-state index contributed by atoms with van der Waals surface area (Å²) >= 11 is 5.86. The van der Waals surface area contributed by atoms with E-state index in [9.17, 15) is 0 Å². The zero-order valence-electron chi connectivity index (χ0n) is 6.34. The van der Waals surface area contributed by atoms with Gasteiger partial charge in [-0.1, -0.05) is 17.7 Å². The van der Waals surface area contributed by atoms with Crippen LogP contribution in [0.15, 0.2) is 18.2 Å². The fourth-order valence-electron chi connectivity index (χ4n) is 0.913. The van der Waals surface area contributed by atoms with Crippen LogP contribution in [-0.4, -0.2) is 0 Å². The lowest BCUT2D eigenvalue weighted by atomic mass is 10.1. The van der Waals surface area contributed by atoms with Crippen LogP contribution in [0.3, 0.4) is 0 Å². The van der Waals surface area contributed by atoms with E-state index in [4.69, 9.17) is 23.1 Å². The third kappa shape index (κ3) is 1.85. The number of nitrogen functional groups attached to an aromatic ring is 1. The Bertz CT molecular complexity index is 258. The fourth-order valence-corrected chi connectivity index (χ4v) is 1.27. The molecular formula is C8H11ClN2. The highest BCUT2D eigenvalue weighted by Gasteiger charge is 2.03. The number of benzene rings is 1. The lowest BCUT2D eigenvalue weighted by Crippen LogP contribution is -2.05. The highest BCUT2D eigenvalue weighted by Crippen LogP contribution is 2.23. The molecule has 0 radical (unpaired) electrons. The predicted octanol–water partition coefficient (Wildman–Crippen LogP) is 1.94. The molecule has 0 amide bonds. The van der Waals surface area contributed by atoms with Crippen molar-refractivity contribution in [2.24, 2.45) is 5.73 Å². The normalized spacial score (nSPS) is 13.0. The molecule has 0 saturated heterocycles. The van der Waals surface area contributed by atoms with Crippen molar-refractivity contribution in [3.05, 3.63) is 28.8 Å². The zero-order valence-corrected chi connectivity index (χ0v) is 7.10. The first-order valence-corrected chi connectivity index (χ1v) is 3.79. The molecule has 1 aromatic carbocycles. The summed E-state index contributed by atoms with van der Waals surface area (Å²) in [6.45, 7) is 1.89. The molecule has 0 aliphatic heterocycles. The summed E-state index contributed by atoms with van der Waals surface area (Å²) in [7, 11) is 0. The molecule has 3 heteroatoms. The van der Waals surface area contributed by atoms with Crippen molar-refractivity contribution in [2.45, 2.75) is 13.0 Å². The number of hydrogen-bond acceptors (Lipinski definition) is 2. The van der Waals surface area contributed by atoms with Crippen molar-refractivity contribution < 1.29 is 0 Å². The van der Waals surface area contributed by atoms with Gasteiger partial charge in [0.1, 0.15) is 0 Å². The summed E-state index contributed by atoms with van der Waals surface area (Å²) < 4.78 is 0. The number of anilines is 1. The highest BCUT2D eigenvalue weighted by atomic mass is 35.5. The second-order valence-electron chi connectivity index (χ2n) is 2.57. The molecule has 0 spiro atoms. The number of halogens is 1. The molecule has 0 saturated carbocycles. The van der Waals surface area contributed by atoms with Crippen LogP contribution < -0.4 is 11.5 Å². The molecule has 2 nitrogen and oxygen atoms in total. The van der Waals surface area contributed by atoms with E-state index in [-0.39, 0.29) is 6.04 Å². The Labute approximate surface area is 71.1 Å². The molecular weight excluding hydrogens is 160 g/mol. The number of rotatable bonds is 1. The van der Waals surface area contributed by atoms with Gasteiger partial charge >= 0.3 is 0 Å². The van der Waals surface area contributed by atoms with Gasteiger partial charge in [0.2, 0.25) is 0 Å². The lowest BCUT2D eigenvalue weighted by Gasteiger charge is -2.07. The van der Waals surface area contributed by atoms with E-state index < -0.39 is 0 Å². The van der Waals surface area contributed by atoms with Crippen molar-refractivity contribution in [3.8, 4) is 0 Å². The first kappa shape index (κ1) is 8.37. The highest BCUT2D eigenvalue weighted by molar-refractivity contribution is 6.31. The smallest absolute Gasteiger partial charge is 0.0474 e. The van der Waals surface area contributed by atoms with E-state index in [2.05, 4.69) is 0 Å². The van der Waals surface area contributed by atoms with Gasteiger partial charge in [0, 0.05) is 16.8 Å². The third-order valence-electron chi connectivity index (χ3n) is 1.52. The van der Waals surface area contributed by atoms with E-state index in [1.807, 2.05) is 13.0 Å². The third-order valence-corrected chi connectivity index (χ3v) is 1.84. The van der Waals surface area contributed by atoms with E-state index >= 15 is 0 Å². The largest absolute Gasteiger partial charge is 0.399 e. The molecule has 1 rings (SSSR count). The average Bonchev–Trinajstić information content (AvgIpc) is 1.85. The van der Waals surface area contributed by atoms with Crippen molar-refractivity contribution in [1.29, 1.82) is 0 Å².